The number of aromatic amines is 1. The number of H-pyrrole nitrogens is 1. The lowest BCUT2D eigenvalue weighted by Crippen LogP contribution is -2.13. The van der Waals surface area contributed by atoms with Gasteiger partial charge in [0.1, 0.15) is 0 Å². The van der Waals surface area contributed by atoms with Gasteiger partial charge >= 0.3 is 6.18 Å². The van der Waals surface area contributed by atoms with Crippen molar-refractivity contribution in [3.05, 3.63) is 65.5 Å². The van der Waals surface area contributed by atoms with Crippen molar-refractivity contribution in [2.24, 2.45) is 0 Å². The molecule has 3 aromatic rings. The molecule has 0 aliphatic carbocycles. The third-order valence-electron chi connectivity index (χ3n) is 3.50. The zero-order valence-electron chi connectivity index (χ0n) is 12.5. The molecule has 5 nitrogen and oxygen atoms in total. The second-order valence-corrected chi connectivity index (χ2v) is 5.20. The Balaban J connectivity index is 1.61. The molecule has 124 valence electrons. The van der Waals surface area contributed by atoms with Crippen LogP contribution in [0.1, 0.15) is 17.0 Å². The summed E-state index contributed by atoms with van der Waals surface area (Å²) in [5.41, 5.74) is 2.02. The van der Waals surface area contributed by atoms with Gasteiger partial charge in [0.15, 0.2) is 5.82 Å². The van der Waals surface area contributed by atoms with Crippen molar-refractivity contribution >= 4 is 0 Å². The SMILES string of the molecule is FC(F)(F)c1ccc(-c2ccc(CNCc3nn[nH]n3)cc2)cc1. The number of nitrogens with one attached hydrogen (secondary N) is 2. The molecule has 0 saturated carbocycles. The van der Waals surface area contributed by atoms with Crippen molar-refractivity contribution in [2.75, 3.05) is 0 Å². The summed E-state index contributed by atoms with van der Waals surface area (Å²) < 4.78 is 37.7. The minimum absolute atomic E-state index is 0.497. The maximum atomic E-state index is 12.6. The van der Waals surface area contributed by atoms with E-state index in [1.165, 1.54) is 12.1 Å². The molecule has 8 heteroatoms. The van der Waals surface area contributed by atoms with Gasteiger partial charge in [0.25, 0.3) is 0 Å². The van der Waals surface area contributed by atoms with Gasteiger partial charge in [0.05, 0.1) is 12.1 Å². The number of halogens is 3. The topological polar surface area (TPSA) is 66.5 Å². The zero-order valence-corrected chi connectivity index (χ0v) is 12.5. The smallest absolute Gasteiger partial charge is 0.306 e. The highest BCUT2D eigenvalue weighted by Crippen LogP contribution is 2.31. The highest BCUT2D eigenvalue weighted by molar-refractivity contribution is 5.64. The van der Waals surface area contributed by atoms with Crippen molar-refractivity contribution in [3.63, 3.8) is 0 Å². The van der Waals surface area contributed by atoms with Gasteiger partial charge in [-0.05, 0) is 28.8 Å². The minimum atomic E-state index is -4.31. The van der Waals surface area contributed by atoms with Crippen LogP contribution in [-0.2, 0) is 19.3 Å². The van der Waals surface area contributed by atoms with Crippen LogP contribution in [0.4, 0.5) is 13.2 Å². The van der Waals surface area contributed by atoms with Crippen molar-refractivity contribution in [1.82, 2.24) is 25.9 Å². The number of alkyl halides is 3. The number of nitrogens with zero attached hydrogens (tertiary/aromatic N) is 3. The highest BCUT2D eigenvalue weighted by atomic mass is 19.4. The van der Waals surface area contributed by atoms with Gasteiger partial charge < -0.3 is 5.32 Å². The van der Waals surface area contributed by atoms with E-state index >= 15 is 0 Å². The fourth-order valence-corrected chi connectivity index (χ4v) is 2.24. The van der Waals surface area contributed by atoms with Crippen molar-refractivity contribution in [3.8, 4) is 11.1 Å². The number of rotatable bonds is 5. The molecule has 2 aromatic carbocycles. The molecule has 1 aromatic heterocycles. The van der Waals surface area contributed by atoms with Gasteiger partial charge in [-0.1, -0.05) is 41.6 Å². The van der Waals surface area contributed by atoms with Gasteiger partial charge in [0.2, 0.25) is 0 Å². The van der Waals surface area contributed by atoms with Crippen LogP contribution in [0.2, 0.25) is 0 Å². The molecule has 0 aliphatic heterocycles. The number of benzene rings is 2. The molecule has 0 unspecified atom stereocenters. The van der Waals surface area contributed by atoms with Gasteiger partial charge in [-0.3, -0.25) is 0 Å². The third-order valence-corrected chi connectivity index (χ3v) is 3.50. The van der Waals surface area contributed by atoms with Crippen molar-refractivity contribution < 1.29 is 13.2 Å². The van der Waals surface area contributed by atoms with Gasteiger partial charge in [-0.25, -0.2) is 0 Å². The summed E-state index contributed by atoms with van der Waals surface area (Å²) in [5.74, 6) is 0.580. The molecule has 0 fully saturated rings. The Kier molecular flexibility index (Phi) is 4.57. The Morgan fingerprint density at radius 2 is 1.50 bits per heavy atom. The Hall–Kier alpha value is -2.74. The lowest BCUT2D eigenvalue weighted by Gasteiger charge is -2.08. The first-order valence-corrected chi connectivity index (χ1v) is 7.22. The second kappa shape index (κ2) is 6.79. The molecule has 0 radical (unpaired) electrons. The van der Waals surface area contributed by atoms with E-state index < -0.39 is 11.7 Å². The van der Waals surface area contributed by atoms with Crippen molar-refractivity contribution in [1.29, 1.82) is 0 Å². The molecule has 0 amide bonds. The van der Waals surface area contributed by atoms with Crippen LogP contribution < -0.4 is 5.32 Å². The molecule has 0 saturated heterocycles. The van der Waals surface area contributed by atoms with Gasteiger partial charge in [-0.15, -0.1) is 10.2 Å². The van der Waals surface area contributed by atoms with E-state index in [-0.39, 0.29) is 0 Å². The Bertz CT molecular complexity index is 765. The van der Waals surface area contributed by atoms with E-state index in [4.69, 9.17) is 0 Å². The van der Waals surface area contributed by atoms with Crippen LogP contribution in [0.3, 0.4) is 0 Å². The maximum Gasteiger partial charge on any atom is 0.416 e. The van der Waals surface area contributed by atoms with E-state index in [1.54, 1.807) is 0 Å². The summed E-state index contributed by atoms with van der Waals surface area (Å²) in [7, 11) is 0. The van der Waals surface area contributed by atoms with Crippen LogP contribution in [0.5, 0.6) is 0 Å². The number of hydrogen-bond acceptors (Lipinski definition) is 4. The number of aromatic nitrogens is 4. The quantitative estimate of drug-likeness (QED) is 0.753. The van der Waals surface area contributed by atoms with Gasteiger partial charge in [0, 0.05) is 6.54 Å². The highest BCUT2D eigenvalue weighted by Gasteiger charge is 2.29. The van der Waals surface area contributed by atoms with Crippen LogP contribution in [0.25, 0.3) is 11.1 Å². The fraction of sp³-hybridized carbons (Fsp3) is 0.188. The van der Waals surface area contributed by atoms with Crippen LogP contribution in [0.15, 0.2) is 48.5 Å². The normalized spacial score (nSPS) is 11.6. The molecule has 0 aliphatic rings. The molecular weight excluding hydrogens is 319 g/mol. The molecule has 2 N–H and O–H groups in total. The zero-order chi connectivity index (χ0) is 17.0. The Morgan fingerprint density at radius 3 is 2.04 bits per heavy atom. The summed E-state index contributed by atoms with van der Waals surface area (Å²) >= 11 is 0. The minimum Gasteiger partial charge on any atom is -0.306 e. The molecule has 0 atom stereocenters. The maximum absolute atomic E-state index is 12.6. The van der Waals surface area contributed by atoms with Crippen LogP contribution in [-0.4, -0.2) is 20.6 Å². The third kappa shape index (κ3) is 3.96. The average Bonchev–Trinajstić information content (AvgIpc) is 3.08. The second-order valence-electron chi connectivity index (χ2n) is 5.20. The predicted molar refractivity (Wildman–Crippen MR) is 81.6 cm³/mol. The summed E-state index contributed by atoms with van der Waals surface area (Å²) in [4.78, 5) is 0. The van der Waals surface area contributed by atoms with E-state index in [0.717, 1.165) is 28.8 Å². The van der Waals surface area contributed by atoms with Crippen molar-refractivity contribution in [2.45, 2.75) is 19.3 Å². The van der Waals surface area contributed by atoms with Gasteiger partial charge in [-0.2, -0.15) is 18.4 Å². The number of tetrazole rings is 1. The lowest BCUT2D eigenvalue weighted by atomic mass is 10.0. The molecular formula is C16H14F3N5. The predicted octanol–water partition coefficient (Wildman–Crippen LogP) is 3.18. The summed E-state index contributed by atoms with van der Waals surface area (Å²) in [6.45, 7) is 1.12. The van der Waals surface area contributed by atoms with E-state index in [9.17, 15) is 13.2 Å². The lowest BCUT2D eigenvalue weighted by molar-refractivity contribution is -0.137. The summed E-state index contributed by atoms with van der Waals surface area (Å²) in [6, 6.07) is 12.8. The largest absolute Gasteiger partial charge is 0.416 e. The first kappa shape index (κ1) is 16.1. The molecule has 0 spiro atoms. The van der Waals surface area contributed by atoms with E-state index in [2.05, 4.69) is 25.9 Å². The fourth-order valence-electron chi connectivity index (χ4n) is 2.24. The number of hydrogen-bond donors (Lipinski definition) is 2. The summed E-state index contributed by atoms with van der Waals surface area (Å²) in [5, 5.41) is 16.7. The summed E-state index contributed by atoms with van der Waals surface area (Å²) in [6.07, 6.45) is -4.31. The Labute approximate surface area is 135 Å². The van der Waals surface area contributed by atoms with E-state index in [1.807, 2.05) is 24.3 Å². The standard InChI is InChI=1S/C16H14F3N5/c17-16(18,19)14-7-5-13(6-8-14)12-3-1-11(2-4-12)9-20-10-15-21-23-24-22-15/h1-8,20H,9-10H2,(H,21,22,23,24). The molecule has 1 heterocycles. The molecule has 3 rings (SSSR count). The monoisotopic (exact) mass is 333 g/mol. The van der Waals surface area contributed by atoms with Crippen LogP contribution >= 0.6 is 0 Å². The first-order chi connectivity index (χ1) is 11.5. The molecule has 24 heavy (non-hydrogen) atoms. The Morgan fingerprint density at radius 1 is 0.875 bits per heavy atom. The average molecular weight is 333 g/mol. The van der Waals surface area contributed by atoms with E-state index in [0.29, 0.717) is 18.9 Å². The molecule has 0 bridgehead atoms. The van der Waals surface area contributed by atoms with Crippen LogP contribution in [0, 0.1) is 0 Å². The first-order valence-electron chi connectivity index (χ1n) is 7.22.